The van der Waals surface area contributed by atoms with Gasteiger partial charge in [-0.25, -0.2) is 4.98 Å². The van der Waals surface area contributed by atoms with Crippen LogP contribution in [0.2, 0.25) is 0 Å². The maximum Gasteiger partial charge on any atom is 0.257 e. The van der Waals surface area contributed by atoms with E-state index in [0.29, 0.717) is 34.6 Å². The van der Waals surface area contributed by atoms with Crippen molar-refractivity contribution in [1.29, 1.82) is 0 Å². The topological polar surface area (TPSA) is 91.2 Å². The first kappa shape index (κ1) is 23.7. The number of aryl methyl sites for hydroxylation is 2. The Labute approximate surface area is 219 Å². The van der Waals surface area contributed by atoms with Gasteiger partial charge in [-0.15, -0.1) is 21.5 Å². The van der Waals surface area contributed by atoms with E-state index in [0.717, 1.165) is 61.1 Å². The molecule has 0 saturated heterocycles. The number of thiazole rings is 1. The summed E-state index contributed by atoms with van der Waals surface area (Å²) in [6.07, 6.45) is 6.88. The standard InChI is InChI=1S/C28H29N5O3S/c1-18-17-37-28(29-18)30-27(34)21-14-23(35-13-11-19-5-6-19)16-24(15-21)36-22-9-7-20(8-10-22)26-32-31-25-4-2-3-12-33(25)26/h7-10,14-17,19H,2-6,11-13H2,1H3,(H,29,30,34). The maximum absolute atomic E-state index is 13.0. The SMILES string of the molecule is Cc1csc(NC(=O)c2cc(OCCC3CC3)cc(Oc3ccc(-c4nnc5n4CCCC5)cc3)c2)n1. The highest BCUT2D eigenvalue weighted by atomic mass is 32.1. The molecule has 0 atom stereocenters. The molecule has 1 fully saturated rings. The van der Waals surface area contributed by atoms with Crippen LogP contribution in [-0.2, 0) is 13.0 Å². The van der Waals surface area contributed by atoms with Gasteiger partial charge in [0.2, 0.25) is 0 Å². The second-order valence-corrected chi connectivity index (χ2v) is 10.6. The number of ether oxygens (including phenoxy) is 2. The zero-order chi connectivity index (χ0) is 25.2. The number of anilines is 1. The first-order valence-electron chi connectivity index (χ1n) is 12.8. The molecule has 1 amide bonds. The lowest BCUT2D eigenvalue weighted by Crippen LogP contribution is -2.12. The van der Waals surface area contributed by atoms with E-state index >= 15 is 0 Å². The summed E-state index contributed by atoms with van der Waals surface area (Å²) in [5, 5.41) is 14.1. The van der Waals surface area contributed by atoms with Crippen molar-refractivity contribution in [1.82, 2.24) is 19.7 Å². The Morgan fingerprint density at radius 1 is 1.08 bits per heavy atom. The van der Waals surface area contributed by atoms with Gasteiger partial charge in [-0.1, -0.05) is 12.8 Å². The second kappa shape index (κ2) is 10.3. The van der Waals surface area contributed by atoms with E-state index in [9.17, 15) is 4.79 Å². The van der Waals surface area contributed by atoms with Crippen LogP contribution in [0.5, 0.6) is 17.2 Å². The molecule has 1 aliphatic carbocycles. The summed E-state index contributed by atoms with van der Waals surface area (Å²) >= 11 is 1.40. The highest BCUT2D eigenvalue weighted by Crippen LogP contribution is 2.34. The third-order valence-corrected chi connectivity index (χ3v) is 7.56. The molecule has 8 nitrogen and oxygen atoms in total. The van der Waals surface area contributed by atoms with Crippen molar-refractivity contribution in [2.75, 3.05) is 11.9 Å². The van der Waals surface area contributed by atoms with Gasteiger partial charge < -0.3 is 14.0 Å². The number of carbonyl (C=O) groups is 1. The molecule has 0 bridgehead atoms. The molecule has 1 aliphatic heterocycles. The molecular weight excluding hydrogens is 486 g/mol. The molecule has 0 unspecified atom stereocenters. The Morgan fingerprint density at radius 3 is 2.70 bits per heavy atom. The van der Waals surface area contributed by atoms with Crippen molar-refractivity contribution in [3.8, 4) is 28.6 Å². The minimum atomic E-state index is -0.251. The lowest BCUT2D eigenvalue weighted by molar-refractivity contribution is 0.102. The molecule has 1 N–H and O–H groups in total. The van der Waals surface area contributed by atoms with Crippen molar-refractivity contribution >= 4 is 22.4 Å². The average Bonchev–Trinajstić information content (AvgIpc) is 3.48. The molecule has 9 heteroatoms. The molecule has 2 aliphatic rings. The molecule has 0 spiro atoms. The Balaban J connectivity index is 1.21. The van der Waals surface area contributed by atoms with Crippen LogP contribution in [0.4, 0.5) is 5.13 Å². The second-order valence-electron chi connectivity index (χ2n) is 9.70. The largest absolute Gasteiger partial charge is 0.493 e. The predicted octanol–water partition coefficient (Wildman–Crippen LogP) is 6.27. The van der Waals surface area contributed by atoms with Crippen LogP contribution in [0.1, 0.15) is 54.0 Å². The zero-order valence-corrected chi connectivity index (χ0v) is 21.6. The number of benzene rings is 2. The molecular formula is C28H29N5O3S. The fraction of sp³-hybridized carbons (Fsp3) is 0.357. The molecule has 4 aromatic rings. The summed E-state index contributed by atoms with van der Waals surface area (Å²) in [6.45, 7) is 3.47. The summed E-state index contributed by atoms with van der Waals surface area (Å²) in [4.78, 5) is 17.3. The highest BCUT2D eigenvalue weighted by molar-refractivity contribution is 7.13. The van der Waals surface area contributed by atoms with Gasteiger partial charge in [0.15, 0.2) is 11.0 Å². The van der Waals surface area contributed by atoms with E-state index in [1.807, 2.05) is 42.6 Å². The minimum Gasteiger partial charge on any atom is -0.493 e. The first-order valence-corrected chi connectivity index (χ1v) is 13.7. The van der Waals surface area contributed by atoms with E-state index in [-0.39, 0.29) is 5.91 Å². The first-order chi connectivity index (χ1) is 18.1. The summed E-state index contributed by atoms with van der Waals surface area (Å²) in [6, 6.07) is 13.1. The average molecular weight is 516 g/mol. The number of hydrogen-bond acceptors (Lipinski definition) is 7. The van der Waals surface area contributed by atoms with Gasteiger partial charge in [-0.05, 0) is 68.5 Å². The third kappa shape index (κ3) is 5.67. The van der Waals surface area contributed by atoms with Crippen LogP contribution in [0.3, 0.4) is 0 Å². The number of hydrogen-bond donors (Lipinski definition) is 1. The Hall–Kier alpha value is -3.72. The summed E-state index contributed by atoms with van der Waals surface area (Å²) in [7, 11) is 0. The third-order valence-electron chi connectivity index (χ3n) is 6.68. The Morgan fingerprint density at radius 2 is 1.92 bits per heavy atom. The zero-order valence-electron chi connectivity index (χ0n) is 20.8. The number of fused-ring (bicyclic) bond motifs is 1. The number of carbonyl (C=O) groups excluding carboxylic acids is 1. The molecule has 0 radical (unpaired) electrons. The lowest BCUT2D eigenvalue weighted by Gasteiger charge is -2.15. The maximum atomic E-state index is 13.0. The van der Waals surface area contributed by atoms with Gasteiger partial charge in [-0.3, -0.25) is 10.1 Å². The van der Waals surface area contributed by atoms with E-state index < -0.39 is 0 Å². The molecule has 6 rings (SSSR count). The van der Waals surface area contributed by atoms with E-state index in [4.69, 9.17) is 9.47 Å². The molecule has 3 heterocycles. The molecule has 37 heavy (non-hydrogen) atoms. The number of nitrogens with zero attached hydrogens (tertiary/aromatic N) is 4. The van der Waals surface area contributed by atoms with E-state index in [2.05, 4.69) is 25.1 Å². The predicted molar refractivity (Wildman–Crippen MR) is 143 cm³/mol. The number of nitrogens with one attached hydrogen (secondary N) is 1. The summed E-state index contributed by atoms with van der Waals surface area (Å²) in [5.41, 5.74) is 2.33. The number of rotatable bonds is 9. The van der Waals surface area contributed by atoms with Crippen LogP contribution < -0.4 is 14.8 Å². The number of aromatic nitrogens is 4. The molecule has 2 aromatic carbocycles. The van der Waals surface area contributed by atoms with E-state index in [1.165, 1.54) is 24.2 Å². The number of amides is 1. The van der Waals surface area contributed by atoms with Gasteiger partial charge in [0.1, 0.15) is 23.1 Å². The highest BCUT2D eigenvalue weighted by Gasteiger charge is 2.21. The van der Waals surface area contributed by atoms with Crippen molar-refractivity contribution < 1.29 is 14.3 Å². The van der Waals surface area contributed by atoms with Crippen molar-refractivity contribution in [2.24, 2.45) is 5.92 Å². The molecule has 2 aromatic heterocycles. The Kier molecular flexibility index (Phi) is 6.61. The van der Waals surface area contributed by atoms with Crippen molar-refractivity contribution in [2.45, 2.75) is 52.0 Å². The van der Waals surface area contributed by atoms with Crippen molar-refractivity contribution in [3.63, 3.8) is 0 Å². The molecule has 1 saturated carbocycles. The monoisotopic (exact) mass is 515 g/mol. The fourth-order valence-electron chi connectivity index (χ4n) is 4.51. The smallest absolute Gasteiger partial charge is 0.257 e. The van der Waals surface area contributed by atoms with Gasteiger partial charge in [0.05, 0.1) is 12.3 Å². The van der Waals surface area contributed by atoms with Gasteiger partial charge in [0, 0.05) is 35.5 Å². The normalized spacial score (nSPS) is 14.7. The van der Waals surface area contributed by atoms with Crippen molar-refractivity contribution in [3.05, 3.63) is 64.9 Å². The van der Waals surface area contributed by atoms with Crippen LogP contribution in [0.25, 0.3) is 11.4 Å². The Bertz CT molecular complexity index is 1410. The quantitative estimate of drug-likeness (QED) is 0.282. The molecule has 190 valence electrons. The fourth-order valence-corrected chi connectivity index (χ4v) is 5.19. The van der Waals surface area contributed by atoms with E-state index in [1.54, 1.807) is 12.1 Å². The minimum absolute atomic E-state index is 0.251. The lowest BCUT2D eigenvalue weighted by atomic mass is 10.1. The van der Waals surface area contributed by atoms with Crippen LogP contribution in [0.15, 0.2) is 47.8 Å². The van der Waals surface area contributed by atoms with Gasteiger partial charge in [-0.2, -0.15) is 0 Å². The van der Waals surface area contributed by atoms with Crippen LogP contribution in [-0.4, -0.2) is 32.3 Å². The van der Waals surface area contributed by atoms with Crippen LogP contribution in [0, 0.1) is 12.8 Å². The summed E-state index contributed by atoms with van der Waals surface area (Å²) < 4.78 is 14.4. The van der Waals surface area contributed by atoms with Crippen LogP contribution >= 0.6 is 11.3 Å². The van der Waals surface area contributed by atoms with Gasteiger partial charge >= 0.3 is 0 Å². The van der Waals surface area contributed by atoms with Gasteiger partial charge in [0.25, 0.3) is 5.91 Å². The summed E-state index contributed by atoms with van der Waals surface area (Å²) in [5.74, 6) is 4.28.